The molecule has 18 N–H and O–H groups in total. The van der Waals surface area contributed by atoms with Crippen molar-refractivity contribution in [2.45, 2.75) is 0 Å². The fraction of sp³-hybridized carbons (Fsp3) is 0. The average molecular weight is 168 g/mol. The van der Waals surface area contributed by atoms with Crippen molar-refractivity contribution >= 4 is 0 Å². The van der Waals surface area contributed by atoms with Crippen molar-refractivity contribution < 1.29 is 19.5 Å². The van der Waals surface area contributed by atoms with Crippen LogP contribution in [0.1, 0.15) is 0 Å². The van der Waals surface area contributed by atoms with Crippen LogP contribution in [0.4, 0.5) is 0 Å². The van der Waals surface area contributed by atoms with Gasteiger partial charge in [0, 0.05) is 19.5 Å². The summed E-state index contributed by atoms with van der Waals surface area (Å²) >= 11 is 0. The maximum atomic E-state index is 0. The molecule has 0 aliphatic heterocycles. The van der Waals surface area contributed by atoms with Crippen molar-refractivity contribution in [1.29, 1.82) is 0 Å². The molecule has 0 unspecified atom stereocenters. The molecular formula is H18N6Zn. The van der Waals surface area contributed by atoms with Gasteiger partial charge in [-0.3, -0.25) is 0 Å². The molecule has 7 heavy (non-hydrogen) atoms. The fourth-order valence-corrected chi connectivity index (χ4v) is 0. The zero-order valence-electron chi connectivity index (χ0n) is 4.95. The van der Waals surface area contributed by atoms with Crippen molar-refractivity contribution in [2.24, 2.45) is 0 Å². The summed E-state index contributed by atoms with van der Waals surface area (Å²) in [6.07, 6.45) is 0. The maximum Gasteiger partial charge on any atom is 0 e. The minimum Gasteiger partial charge on any atom is -0.344 e. The normalized spacial score (nSPS) is 0. The fourth-order valence-electron chi connectivity index (χ4n) is 0. The van der Waals surface area contributed by atoms with E-state index < -0.39 is 0 Å². The minimum absolute atomic E-state index is 0. The van der Waals surface area contributed by atoms with Gasteiger partial charge in [-0.2, -0.15) is 0 Å². The van der Waals surface area contributed by atoms with Gasteiger partial charge < -0.3 is 36.9 Å². The van der Waals surface area contributed by atoms with Gasteiger partial charge in [-0.1, -0.05) is 0 Å². The largest absolute Gasteiger partial charge is 0.344 e. The van der Waals surface area contributed by atoms with E-state index in [1.165, 1.54) is 0 Å². The van der Waals surface area contributed by atoms with Crippen molar-refractivity contribution in [2.75, 3.05) is 0 Å². The first-order chi connectivity index (χ1) is 0. The molecule has 0 aliphatic carbocycles. The topological polar surface area (TPSA) is 210 Å². The van der Waals surface area contributed by atoms with Crippen LogP contribution >= 0.6 is 0 Å². The molecule has 0 aromatic carbocycles. The zero-order valence-corrected chi connectivity index (χ0v) is 7.92. The summed E-state index contributed by atoms with van der Waals surface area (Å²) in [5.74, 6) is 0. The van der Waals surface area contributed by atoms with Gasteiger partial charge in [0.25, 0.3) is 0 Å². The van der Waals surface area contributed by atoms with Crippen molar-refractivity contribution in [3.8, 4) is 0 Å². The smallest absolute Gasteiger partial charge is 0 e. The molecule has 0 rings (SSSR count). The van der Waals surface area contributed by atoms with E-state index in [1.54, 1.807) is 0 Å². The molecule has 0 spiro atoms. The first kappa shape index (κ1) is 2050. The van der Waals surface area contributed by atoms with Crippen LogP contribution in [-0.2, 0) is 19.5 Å². The zero-order chi connectivity index (χ0) is 0. The van der Waals surface area contributed by atoms with Gasteiger partial charge >= 0.3 is 0 Å². The van der Waals surface area contributed by atoms with Crippen LogP contribution in [0.5, 0.6) is 0 Å². The molecule has 0 fully saturated rings. The van der Waals surface area contributed by atoms with Crippen LogP contribution in [0.25, 0.3) is 0 Å². The van der Waals surface area contributed by atoms with Crippen LogP contribution in [-0.4, -0.2) is 0 Å². The molecular weight excluding hydrogens is 149 g/mol. The third-order valence-corrected chi connectivity index (χ3v) is 0. The summed E-state index contributed by atoms with van der Waals surface area (Å²) < 4.78 is 0. The number of hydrogen-bond donors (Lipinski definition) is 6. The summed E-state index contributed by atoms with van der Waals surface area (Å²) in [6, 6.07) is 0. The Kier molecular flexibility index (Phi) is 368000. The van der Waals surface area contributed by atoms with Gasteiger partial charge in [-0.25, -0.2) is 0 Å². The summed E-state index contributed by atoms with van der Waals surface area (Å²) in [6.45, 7) is 0. The standard InChI is InChI=1S/6H3N.Zn/h6*1H3;. The van der Waals surface area contributed by atoms with Gasteiger partial charge in [0.15, 0.2) is 0 Å². The molecule has 0 bridgehead atoms. The molecule has 0 radical (unpaired) electrons. The van der Waals surface area contributed by atoms with E-state index in [9.17, 15) is 0 Å². The van der Waals surface area contributed by atoms with Gasteiger partial charge in [-0.05, 0) is 0 Å². The Balaban J connectivity index is 0. The average Bonchev–Trinajstić information content (AvgIpc) is 0. The van der Waals surface area contributed by atoms with Crippen LogP contribution in [0, 0.1) is 0 Å². The third-order valence-electron chi connectivity index (χ3n) is 0. The van der Waals surface area contributed by atoms with E-state index in [1.807, 2.05) is 0 Å². The van der Waals surface area contributed by atoms with Gasteiger partial charge in [0.05, 0.1) is 0 Å². The molecule has 0 aromatic heterocycles. The van der Waals surface area contributed by atoms with Crippen LogP contribution < -0.4 is 36.9 Å². The number of hydrogen-bond acceptors (Lipinski definition) is 6. The van der Waals surface area contributed by atoms with E-state index in [0.717, 1.165) is 0 Å². The first-order valence-electron chi connectivity index (χ1n) is 0. The molecule has 0 heterocycles. The van der Waals surface area contributed by atoms with Gasteiger partial charge in [0.1, 0.15) is 0 Å². The monoisotopic (exact) mass is 166 g/mol. The Labute approximate surface area is 57.1 Å². The second-order valence-corrected chi connectivity index (χ2v) is 0. The second-order valence-electron chi connectivity index (χ2n) is 0. The van der Waals surface area contributed by atoms with Crippen molar-refractivity contribution in [1.82, 2.24) is 36.9 Å². The molecule has 6 nitrogen and oxygen atoms in total. The quantitative estimate of drug-likeness (QED) is 0.289. The molecule has 0 atom stereocenters. The Bertz CT molecular complexity index is 4.14. The third kappa shape index (κ3) is 834. The summed E-state index contributed by atoms with van der Waals surface area (Å²) in [7, 11) is 0. The second kappa shape index (κ2) is 1260. The molecule has 50 valence electrons. The molecule has 0 amide bonds. The van der Waals surface area contributed by atoms with Gasteiger partial charge in [0.2, 0.25) is 0 Å². The Morgan fingerprint density at radius 1 is 0.286 bits per heavy atom. The molecule has 7 heteroatoms. The molecule has 0 aromatic rings. The van der Waals surface area contributed by atoms with Gasteiger partial charge in [-0.15, -0.1) is 0 Å². The summed E-state index contributed by atoms with van der Waals surface area (Å²) in [4.78, 5) is 0. The SMILES string of the molecule is N.N.N.N.N.N.[Zn]. The van der Waals surface area contributed by atoms with E-state index in [-0.39, 0.29) is 56.4 Å². The number of rotatable bonds is 0. The molecule has 0 saturated carbocycles. The molecule has 0 aliphatic rings. The van der Waals surface area contributed by atoms with E-state index >= 15 is 0 Å². The Hall–Kier alpha value is 0.383. The predicted molar refractivity (Wildman–Crippen MR) is 30.1 cm³/mol. The van der Waals surface area contributed by atoms with Crippen LogP contribution in [0.2, 0.25) is 0 Å². The van der Waals surface area contributed by atoms with E-state index in [2.05, 4.69) is 0 Å². The predicted octanol–water partition coefficient (Wildman–Crippen LogP) is 0.969. The maximum absolute atomic E-state index is 0. The minimum atomic E-state index is 0. The Morgan fingerprint density at radius 3 is 0.286 bits per heavy atom. The van der Waals surface area contributed by atoms with Crippen molar-refractivity contribution in [3.05, 3.63) is 0 Å². The Morgan fingerprint density at radius 2 is 0.286 bits per heavy atom. The van der Waals surface area contributed by atoms with E-state index in [0.29, 0.717) is 0 Å². The van der Waals surface area contributed by atoms with Crippen LogP contribution in [0.3, 0.4) is 0 Å². The van der Waals surface area contributed by atoms with Crippen molar-refractivity contribution in [3.63, 3.8) is 0 Å². The summed E-state index contributed by atoms with van der Waals surface area (Å²) in [5, 5.41) is 0. The van der Waals surface area contributed by atoms with E-state index in [4.69, 9.17) is 0 Å². The first-order valence-corrected chi connectivity index (χ1v) is 0. The molecule has 0 saturated heterocycles. The summed E-state index contributed by atoms with van der Waals surface area (Å²) in [5.41, 5.74) is 0. The van der Waals surface area contributed by atoms with Crippen LogP contribution in [0.15, 0.2) is 0 Å².